The van der Waals surface area contributed by atoms with Crippen molar-refractivity contribution in [2.24, 2.45) is 0 Å². The summed E-state index contributed by atoms with van der Waals surface area (Å²) in [6.07, 6.45) is 3.70. The third-order valence-corrected chi connectivity index (χ3v) is 4.55. The van der Waals surface area contributed by atoms with Crippen LogP contribution < -0.4 is 0 Å². The van der Waals surface area contributed by atoms with Gasteiger partial charge < -0.3 is 9.05 Å². The van der Waals surface area contributed by atoms with Crippen LogP contribution in [-0.4, -0.2) is 12.2 Å². The zero-order valence-electron chi connectivity index (χ0n) is 11.9. The summed E-state index contributed by atoms with van der Waals surface area (Å²) in [5, 5.41) is 0.605. The average molecular weight is 262 g/mol. The Hall–Kier alpha value is -0.110. The van der Waals surface area contributed by atoms with Crippen LogP contribution in [-0.2, 0) is 13.6 Å². The van der Waals surface area contributed by atoms with Gasteiger partial charge in [-0.2, -0.15) is 0 Å². The normalized spacial score (nSPS) is 12.4. The van der Waals surface area contributed by atoms with E-state index in [1.807, 2.05) is 27.7 Å². The van der Waals surface area contributed by atoms with Crippen molar-refractivity contribution in [2.75, 3.05) is 0 Å². The molecule has 0 amide bonds. The van der Waals surface area contributed by atoms with E-state index < -0.39 is 7.60 Å². The molecule has 17 heavy (non-hydrogen) atoms. The van der Waals surface area contributed by atoms with Crippen molar-refractivity contribution < 1.29 is 13.6 Å². The molecule has 0 saturated carbocycles. The summed E-state index contributed by atoms with van der Waals surface area (Å²) in [5.41, 5.74) is 0. The number of allylic oxidation sites excluding steroid dienone is 1. The van der Waals surface area contributed by atoms with Crippen LogP contribution >= 0.6 is 7.60 Å². The van der Waals surface area contributed by atoms with Crippen molar-refractivity contribution >= 4 is 7.60 Å². The molecule has 0 saturated heterocycles. The first kappa shape index (κ1) is 16.9. The van der Waals surface area contributed by atoms with Gasteiger partial charge in [0.15, 0.2) is 0 Å². The van der Waals surface area contributed by atoms with Gasteiger partial charge in [0, 0.05) is 5.31 Å². The second-order valence-electron chi connectivity index (χ2n) is 4.83. The van der Waals surface area contributed by atoms with Crippen LogP contribution in [0, 0.1) is 0 Å². The summed E-state index contributed by atoms with van der Waals surface area (Å²) in [7, 11) is -3.16. The minimum Gasteiger partial charge on any atom is -0.303 e. The Kier molecular flexibility index (Phi) is 8.02. The Morgan fingerprint density at radius 1 is 1.12 bits per heavy atom. The van der Waals surface area contributed by atoms with E-state index in [0.29, 0.717) is 11.7 Å². The van der Waals surface area contributed by atoms with Gasteiger partial charge in [-0.25, -0.2) is 0 Å². The third kappa shape index (κ3) is 7.03. The molecule has 0 aromatic heterocycles. The first-order chi connectivity index (χ1) is 7.81. The monoisotopic (exact) mass is 262 g/mol. The maximum atomic E-state index is 12.6. The highest BCUT2D eigenvalue weighted by atomic mass is 31.2. The molecule has 0 spiro atoms. The largest absolute Gasteiger partial charge is 0.357 e. The summed E-state index contributed by atoms with van der Waals surface area (Å²) >= 11 is 0. The fourth-order valence-electron chi connectivity index (χ4n) is 1.44. The van der Waals surface area contributed by atoms with Crippen molar-refractivity contribution in [3.05, 3.63) is 11.9 Å². The Morgan fingerprint density at radius 2 is 1.59 bits per heavy atom. The molecular formula is C13H27O3P. The van der Waals surface area contributed by atoms with Gasteiger partial charge in [-0.1, -0.05) is 26.3 Å². The molecular weight excluding hydrogens is 235 g/mol. The molecule has 0 aliphatic heterocycles. The number of rotatable bonds is 9. The van der Waals surface area contributed by atoms with Crippen LogP contribution in [0.4, 0.5) is 0 Å². The molecule has 0 unspecified atom stereocenters. The maximum Gasteiger partial charge on any atom is 0.357 e. The zero-order valence-corrected chi connectivity index (χ0v) is 12.8. The van der Waals surface area contributed by atoms with E-state index in [-0.39, 0.29) is 12.2 Å². The van der Waals surface area contributed by atoms with Gasteiger partial charge >= 0.3 is 7.60 Å². The molecule has 4 heteroatoms. The Labute approximate surface area is 106 Å². The molecule has 0 aliphatic carbocycles. The maximum absolute atomic E-state index is 12.6. The Morgan fingerprint density at radius 3 is 1.94 bits per heavy atom. The van der Waals surface area contributed by atoms with E-state index in [9.17, 15) is 4.57 Å². The molecule has 0 heterocycles. The van der Waals surface area contributed by atoms with Crippen molar-refractivity contribution in [3.8, 4) is 0 Å². The lowest BCUT2D eigenvalue weighted by molar-refractivity contribution is 0.146. The number of hydrogen-bond donors (Lipinski definition) is 0. The zero-order chi connectivity index (χ0) is 13.5. The molecule has 0 aliphatic rings. The Balaban J connectivity index is 4.55. The molecule has 0 radical (unpaired) electrons. The van der Waals surface area contributed by atoms with Gasteiger partial charge in [-0.15, -0.1) is 0 Å². The van der Waals surface area contributed by atoms with Crippen LogP contribution in [0.25, 0.3) is 0 Å². The lowest BCUT2D eigenvalue weighted by atomic mass is 10.2. The summed E-state index contributed by atoms with van der Waals surface area (Å²) in [4.78, 5) is 0. The molecule has 3 nitrogen and oxygen atoms in total. The predicted octanol–water partition coefficient (Wildman–Crippen LogP) is 5.12. The predicted molar refractivity (Wildman–Crippen MR) is 73.3 cm³/mol. The number of hydrogen-bond acceptors (Lipinski definition) is 3. The molecule has 0 atom stereocenters. The minimum atomic E-state index is -3.16. The molecule has 102 valence electrons. The van der Waals surface area contributed by atoms with Gasteiger partial charge in [0.05, 0.1) is 12.2 Å². The molecule has 0 N–H and O–H groups in total. The highest BCUT2D eigenvalue weighted by Crippen LogP contribution is 2.58. The van der Waals surface area contributed by atoms with Crippen LogP contribution in [0.3, 0.4) is 0 Å². The first-order valence-corrected chi connectivity index (χ1v) is 8.01. The van der Waals surface area contributed by atoms with Crippen LogP contribution in [0.1, 0.15) is 60.3 Å². The van der Waals surface area contributed by atoms with Crippen LogP contribution in [0.2, 0.25) is 0 Å². The molecule has 0 fully saturated rings. The summed E-state index contributed by atoms with van der Waals surface area (Å²) in [6, 6.07) is 0. The van der Waals surface area contributed by atoms with E-state index in [1.165, 1.54) is 0 Å². The van der Waals surface area contributed by atoms with Gasteiger partial charge in [0.25, 0.3) is 0 Å². The van der Waals surface area contributed by atoms with Gasteiger partial charge in [-0.3, -0.25) is 4.57 Å². The highest BCUT2D eigenvalue weighted by Gasteiger charge is 2.30. The number of unbranched alkanes of at least 4 members (excludes halogenated alkanes) is 2. The van der Waals surface area contributed by atoms with Gasteiger partial charge in [0.2, 0.25) is 0 Å². The highest BCUT2D eigenvalue weighted by molar-refractivity contribution is 7.58. The molecule has 0 aromatic rings. The molecule has 0 rings (SSSR count). The fraction of sp³-hybridized carbons (Fsp3) is 0.846. The van der Waals surface area contributed by atoms with E-state index in [0.717, 1.165) is 19.3 Å². The SMILES string of the molecule is C=C(CCCCC)P(=O)(OC(C)C)OC(C)C. The van der Waals surface area contributed by atoms with E-state index in [1.54, 1.807) is 0 Å². The summed E-state index contributed by atoms with van der Waals surface area (Å²) < 4.78 is 23.5. The van der Waals surface area contributed by atoms with Gasteiger partial charge in [-0.05, 0) is 40.5 Å². The Bertz CT molecular complexity index is 258. The van der Waals surface area contributed by atoms with Crippen LogP contribution in [0.5, 0.6) is 0 Å². The van der Waals surface area contributed by atoms with Crippen molar-refractivity contribution in [3.63, 3.8) is 0 Å². The third-order valence-electron chi connectivity index (χ3n) is 2.16. The minimum absolute atomic E-state index is 0.123. The van der Waals surface area contributed by atoms with Crippen molar-refractivity contribution in [1.29, 1.82) is 0 Å². The van der Waals surface area contributed by atoms with Crippen molar-refractivity contribution in [1.82, 2.24) is 0 Å². The topological polar surface area (TPSA) is 35.5 Å². The lowest BCUT2D eigenvalue weighted by Crippen LogP contribution is -2.09. The summed E-state index contributed by atoms with van der Waals surface area (Å²) in [6.45, 7) is 13.5. The van der Waals surface area contributed by atoms with E-state index >= 15 is 0 Å². The molecule has 0 bridgehead atoms. The standard InChI is InChI=1S/C13H27O3P/c1-7-8-9-10-13(6)17(14,15-11(2)3)16-12(4)5/h11-12H,6-10H2,1-5H3. The molecule has 0 aromatic carbocycles. The van der Waals surface area contributed by atoms with Crippen molar-refractivity contribution in [2.45, 2.75) is 72.5 Å². The van der Waals surface area contributed by atoms with Crippen LogP contribution in [0.15, 0.2) is 11.9 Å². The van der Waals surface area contributed by atoms with E-state index in [4.69, 9.17) is 9.05 Å². The second kappa shape index (κ2) is 8.07. The lowest BCUT2D eigenvalue weighted by Gasteiger charge is -2.24. The smallest absolute Gasteiger partial charge is 0.303 e. The first-order valence-electron chi connectivity index (χ1n) is 6.47. The fourth-order valence-corrected chi connectivity index (χ4v) is 3.33. The van der Waals surface area contributed by atoms with Gasteiger partial charge in [0.1, 0.15) is 0 Å². The summed E-state index contributed by atoms with van der Waals surface area (Å²) in [5.74, 6) is 0. The second-order valence-corrected chi connectivity index (χ2v) is 6.88. The van der Waals surface area contributed by atoms with E-state index in [2.05, 4.69) is 13.5 Å². The quantitative estimate of drug-likeness (QED) is 0.427. The average Bonchev–Trinajstić information content (AvgIpc) is 2.15.